The van der Waals surface area contributed by atoms with Crippen LogP contribution in [0.4, 0.5) is 0 Å². The summed E-state index contributed by atoms with van der Waals surface area (Å²) in [5, 5.41) is 0. The molecule has 0 aromatic heterocycles. The second kappa shape index (κ2) is 10.1. The van der Waals surface area contributed by atoms with Gasteiger partial charge in [0, 0.05) is 0 Å². The molecule has 4 aliphatic rings. The van der Waals surface area contributed by atoms with Crippen molar-refractivity contribution in [3.63, 3.8) is 0 Å². The minimum absolute atomic E-state index is 0.0336. The van der Waals surface area contributed by atoms with Gasteiger partial charge in [0.15, 0.2) is 0 Å². The third kappa shape index (κ3) is 3.83. The Kier molecular flexibility index (Phi) is 7.84. The fourth-order valence-corrected chi connectivity index (χ4v) is 47.7. The summed E-state index contributed by atoms with van der Waals surface area (Å²) >= 11 is -4.19. The van der Waals surface area contributed by atoms with Crippen LogP contribution in [-0.2, 0) is 20.0 Å². The van der Waals surface area contributed by atoms with Crippen LogP contribution in [-0.4, -0.2) is 0 Å². The van der Waals surface area contributed by atoms with Crippen LogP contribution in [0.1, 0.15) is 93.9 Å². The molecule has 0 unspecified atom stereocenters. The summed E-state index contributed by atoms with van der Waals surface area (Å²) in [4.78, 5) is 0. The Morgan fingerprint density at radius 2 is 0.730 bits per heavy atom. The second-order valence-electron chi connectivity index (χ2n) is 14.1. The SMILES string of the molecule is CCCC[C]1([Hf]([C]2(CCCC)C=CC=C2)([C]2(C(C)(C)C)C=CC=C2)[C]2(C(C)(C)C)C=CC=C2)C=CC=C1. The van der Waals surface area contributed by atoms with Gasteiger partial charge >= 0.3 is 235 Å². The van der Waals surface area contributed by atoms with Crippen molar-refractivity contribution in [3.8, 4) is 0 Å². The zero-order valence-corrected chi connectivity index (χ0v) is 28.6. The Labute approximate surface area is 233 Å². The molecular formula is C36H52Hf. The van der Waals surface area contributed by atoms with Crippen molar-refractivity contribution in [2.75, 3.05) is 0 Å². The summed E-state index contributed by atoms with van der Waals surface area (Å²) < 4.78 is 0.278. The number of hydrogen-bond acceptors (Lipinski definition) is 0. The first-order chi connectivity index (χ1) is 17.4. The van der Waals surface area contributed by atoms with E-state index in [0.717, 1.165) is 0 Å². The molecule has 4 aliphatic carbocycles. The average Bonchev–Trinajstić information content (AvgIpc) is 3.64. The van der Waals surface area contributed by atoms with E-state index in [1.165, 1.54) is 38.5 Å². The van der Waals surface area contributed by atoms with Crippen LogP contribution in [0.2, 0.25) is 12.7 Å². The van der Waals surface area contributed by atoms with E-state index in [1.54, 1.807) is 0 Å². The molecule has 0 N–H and O–H groups in total. The summed E-state index contributed by atoms with van der Waals surface area (Å²) in [6, 6.07) is 0. The fourth-order valence-electron chi connectivity index (χ4n) is 9.05. The molecule has 0 bridgehead atoms. The van der Waals surface area contributed by atoms with Crippen LogP contribution in [0.15, 0.2) is 97.2 Å². The summed E-state index contributed by atoms with van der Waals surface area (Å²) in [6.45, 7) is 20.0. The normalized spacial score (nSPS) is 23.8. The quantitative estimate of drug-likeness (QED) is 0.204. The molecule has 0 aromatic rings. The van der Waals surface area contributed by atoms with Gasteiger partial charge < -0.3 is 0 Å². The average molecular weight is 663 g/mol. The summed E-state index contributed by atoms with van der Waals surface area (Å²) in [7, 11) is 0. The summed E-state index contributed by atoms with van der Waals surface area (Å²) in [6.07, 6.45) is 48.6. The number of allylic oxidation sites excluding steroid dienone is 16. The third-order valence-corrected chi connectivity index (χ3v) is 41.4. The van der Waals surface area contributed by atoms with Crippen molar-refractivity contribution in [2.45, 2.75) is 107 Å². The minimum atomic E-state index is -4.19. The van der Waals surface area contributed by atoms with E-state index >= 15 is 0 Å². The molecular weight excluding hydrogens is 611 g/mol. The molecule has 37 heavy (non-hydrogen) atoms. The fraction of sp³-hybridized carbons (Fsp3) is 0.556. The predicted octanol–water partition coefficient (Wildman–Crippen LogP) is 11.8. The van der Waals surface area contributed by atoms with E-state index in [9.17, 15) is 0 Å². The molecule has 0 amide bonds. The van der Waals surface area contributed by atoms with Crippen LogP contribution in [0, 0.1) is 10.8 Å². The van der Waals surface area contributed by atoms with Gasteiger partial charge in [-0.3, -0.25) is 0 Å². The second-order valence-corrected chi connectivity index (χ2v) is 32.2. The van der Waals surface area contributed by atoms with Gasteiger partial charge in [0.05, 0.1) is 0 Å². The standard InChI is InChI=1S/4C9H13.Hf/c2*1-9(2,3)8-6-4-5-7-8;2*1-2-3-6-9-7-4-5-8-9;/h2*4-7H,1-3H3;2*4-5,7-8H,2-3,6H2,1H3;. The van der Waals surface area contributed by atoms with Gasteiger partial charge in [0.1, 0.15) is 0 Å². The molecule has 0 heterocycles. The topological polar surface area (TPSA) is 0 Å². The van der Waals surface area contributed by atoms with Gasteiger partial charge in [-0.05, 0) is 0 Å². The third-order valence-electron chi connectivity index (χ3n) is 10.5. The number of rotatable bonds is 10. The molecule has 1 heteroatoms. The first-order valence-electron chi connectivity index (χ1n) is 14.9. The zero-order chi connectivity index (χ0) is 27.1. The molecule has 0 aliphatic heterocycles. The van der Waals surface area contributed by atoms with Crippen molar-refractivity contribution in [3.05, 3.63) is 97.2 Å². The van der Waals surface area contributed by atoms with Gasteiger partial charge in [0.25, 0.3) is 0 Å². The first kappa shape index (κ1) is 28.8. The van der Waals surface area contributed by atoms with E-state index in [0.29, 0.717) is 0 Å². The van der Waals surface area contributed by atoms with Crippen LogP contribution in [0.25, 0.3) is 0 Å². The van der Waals surface area contributed by atoms with Gasteiger partial charge in [-0.15, -0.1) is 0 Å². The molecule has 0 saturated carbocycles. The monoisotopic (exact) mass is 664 g/mol. The summed E-state index contributed by atoms with van der Waals surface area (Å²) in [5.41, 5.74) is 0.182. The summed E-state index contributed by atoms with van der Waals surface area (Å²) in [5.74, 6) is 0. The van der Waals surface area contributed by atoms with E-state index in [1.807, 2.05) is 0 Å². The molecule has 0 fully saturated rings. The van der Waals surface area contributed by atoms with Gasteiger partial charge in [-0.1, -0.05) is 0 Å². The van der Waals surface area contributed by atoms with Gasteiger partial charge in [-0.25, -0.2) is 0 Å². The van der Waals surface area contributed by atoms with Crippen LogP contribution < -0.4 is 0 Å². The Balaban J connectivity index is 2.31. The molecule has 0 spiro atoms. The van der Waals surface area contributed by atoms with Gasteiger partial charge in [-0.2, -0.15) is 0 Å². The van der Waals surface area contributed by atoms with Crippen molar-refractivity contribution in [2.24, 2.45) is 10.8 Å². The number of hydrogen-bond donors (Lipinski definition) is 0. The number of unbranched alkanes of at least 4 members (excludes halogenated alkanes) is 2. The molecule has 0 atom stereocenters. The maximum atomic E-state index is 2.72. The predicted molar refractivity (Wildman–Crippen MR) is 162 cm³/mol. The van der Waals surface area contributed by atoms with Crippen LogP contribution in [0.5, 0.6) is 0 Å². The molecule has 200 valence electrons. The van der Waals surface area contributed by atoms with E-state index < -0.39 is 20.0 Å². The van der Waals surface area contributed by atoms with E-state index in [2.05, 4.69) is 153 Å². The molecule has 4 rings (SSSR count). The van der Waals surface area contributed by atoms with E-state index in [-0.39, 0.29) is 23.5 Å². The molecule has 0 saturated heterocycles. The van der Waals surface area contributed by atoms with Crippen molar-refractivity contribution in [1.82, 2.24) is 0 Å². The maximum absolute atomic E-state index is 4.19. The van der Waals surface area contributed by atoms with Crippen molar-refractivity contribution < 1.29 is 20.0 Å². The van der Waals surface area contributed by atoms with Crippen molar-refractivity contribution in [1.29, 1.82) is 0 Å². The van der Waals surface area contributed by atoms with Crippen LogP contribution in [0.3, 0.4) is 0 Å². The van der Waals surface area contributed by atoms with Crippen molar-refractivity contribution >= 4 is 0 Å². The van der Waals surface area contributed by atoms with Crippen LogP contribution >= 0.6 is 0 Å². The molecule has 0 nitrogen and oxygen atoms in total. The first-order valence-corrected chi connectivity index (χ1v) is 22.1. The Hall–Kier alpha value is -1.21. The Bertz CT molecular complexity index is 946. The Morgan fingerprint density at radius 3 is 0.973 bits per heavy atom. The van der Waals surface area contributed by atoms with E-state index in [4.69, 9.17) is 0 Å². The van der Waals surface area contributed by atoms with Gasteiger partial charge in [0.2, 0.25) is 0 Å². The zero-order valence-electron chi connectivity index (χ0n) is 25.0. The molecule has 0 aromatic carbocycles. The Morgan fingerprint density at radius 1 is 0.459 bits per heavy atom. The molecule has 0 radical (unpaired) electrons.